The standard InChI is InChI=1S/C20H20N2O5S/c1-22(11-14-6-5-7-15(10-14)25-2)18(23)12-26-19(24)13-28-20-21-16-8-3-4-9-17(16)27-20/h3-10H,11-13H2,1-2H3. The van der Waals surface area contributed by atoms with Gasteiger partial charge in [0.05, 0.1) is 7.11 Å². The molecule has 1 heterocycles. The summed E-state index contributed by atoms with van der Waals surface area (Å²) in [7, 11) is 3.25. The van der Waals surface area contributed by atoms with E-state index in [1.165, 1.54) is 4.90 Å². The molecule has 3 rings (SSSR count). The van der Waals surface area contributed by atoms with Gasteiger partial charge in [0.25, 0.3) is 11.1 Å². The number of hydrogen-bond acceptors (Lipinski definition) is 7. The van der Waals surface area contributed by atoms with E-state index in [0.29, 0.717) is 17.4 Å². The van der Waals surface area contributed by atoms with E-state index in [0.717, 1.165) is 28.6 Å². The number of carbonyl (C=O) groups excluding carboxylic acids is 2. The number of para-hydroxylation sites is 2. The van der Waals surface area contributed by atoms with Crippen molar-refractivity contribution < 1.29 is 23.5 Å². The molecule has 0 spiro atoms. The van der Waals surface area contributed by atoms with Crippen LogP contribution in [0.4, 0.5) is 0 Å². The molecule has 0 radical (unpaired) electrons. The van der Waals surface area contributed by atoms with E-state index in [9.17, 15) is 9.59 Å². The Labute approximate surface area is 166 Å². The molecule has 146 valence electrons. The predicted octanol–water partition coefficient (Wildman–Crippen LogP) is 3.13. The van der Waals surface area contributed by atoms with E-state index >= 15 is 0 Å². The van der Waals surface area contributed by atoms with E-state index in [-0.39, 0.29) is 18.3 Å². The fraction of sp³-hybridized carbons (Fsp3) is 0.250. The van der Waals surface area contributed by atoms with Crippen LogP contribution >= 0.6 is 11.8 Å². The Bertz CT molecular complexity index is 939. The van der Waals surface area contributed by atoms with Crippen molar-refractivity contribution in [1.29, 1.82) is 0 Å². The van der Waals surface area contributed by atoms with E-state index in [2.05, 4.69) is 4.98 Å². The zero-order valence-electron chi connectivity index (χ0n) is 15.6. The quantitative estimate of drug-likeness (QED) is 0.424. The second-order valence-corrected chi connectivity index (χ2v) is 6.92. The molecule has 0 saturated carbocycles. The van der Waals surface area contributed by atoms with Crippen molar-refractivity contribution in [2.75, 3.05) is 26.5 Å². The van der Waals surface area contributed by atoms with Crippen LogP contribution in [0.2, 0.25) is 0 Å². The number of likely N-dealkylation sites (N-methyl/N-ethyl adjacent to an activating group) is 1. The van der Waals surface area contributed by atoms with Crippen LogP contribution in [0.3, 0.4) is 0 Å². The fourth-order valence-corrected chi connectivity index (χ4v) is 3.10. The summed E-state index contributed by atoms with van der Waals surface area (Å²) in [5, 5.41) is 0.389. The first-order chi connectivity index (χ1) is 13.5. The number of rotatable bonds is 8. The summed E-state index contributed by atoms with van der Waals surface area (Å²) >= 11 is 1.13. The van der Waals surface area contributed by atoms with E-state index in [1.54, 1.807) is 14.2 Å². The van der Waals surface area contributed by atoms with Crippen LogP contribution in [0.1, 0.15) is 5.56 Å². The fourth-order valence-electron chi connectivity index (χ4n) is 2.46. The zero-order chi connectivity index (χ0) is 19.9. The number of benzene rings is 2. The Hall–Kier alpha value is -3.00. The second-order valence-electron chi connectivity index (χ2n) is 6.00. The number of amides is 1. The monoisotopic (exact) mass is 400 g/mol. The van der Waals surface area contributed by atoms with Crippen LogP contribution in [0.25, 0.3) is 11.1 Å². The van der Waals surface area contributed by atoms with E-state index < -0.39 is 5.97 Å². The number of fused-ring (bicyclic) bond motifs is 1. The maximum absolute atomic E-state index is 12.2. The van der Waals surface area contributed by atoms with Gasteiger partial charge in [-0.05, 0) is 29.8 Å². The van der Waals surface area contributed by atoms with Crippen LogP contribution in [0.15, 0.2) is 58.2 Å². The molecule has 1 amide bonds. The van der Waals surface area contributed by atoms with Crippen molar-refractivity contribution in [3.63, 3.8) is 0 Å². The van der Waals surface area contributed by atoms with Gasteiger partial charge in [0.15, 0.2) is 12.2 Å². The lowest BCUT2D eigenvalue weighted by Crippen LogP contribution is -2.31. The number of hydrogen-bond donors (Lipinski definition) is 0. The zero-order valence-corrected chi connectivity index (χ0v) is 16.4. The molecular formula is C20H20N2O5S. The largest absolute Gasteiger partial charge is 0.497 e. The molecule has 0 bridgehead atoms. The number of oxazole rings is 1. The lowest BCUT2D eigenvalue weighted by atomic mass is 10.2. The Balaban J connectivity index is 1.43. The van der Waals surface area contributed by atoms with Crippen molar-refractivity contribution in [3.8, 4) is 5.75 Å². The van der Waals surface area contributed by atoms with Gasteiger partial charge < -0.3 is 18.8 Å². The Morgan fingerprint density at radius 1 is 1.18 bits per heavy atom. The highest BCUT2D eigenvalue weighted by Gasteiger charge is 2.14. The molecule has 28 heavy (non-hydrogen) atoms. The maximum Gasteiger partial charge on any atom is 0.316 e. The molecule has 0 aliphatic carbocycles. The molecule has 1 aromatic heterocycles. The molecule has 0 atom stereocenters. The molecule has 3 aromatic rings. The number of carbonyl (C=O) groups is 2. The van der Waals surface area contributed by atoms with E-state index in [4.69, 9.17) is 13.9 Å². The van der Waals surface area contributed by atoms with Gasteiger partial charge >= 0.3 is 5.97 Å². The topological polar surface area (TPSA) is 81.9 Å². The van der Waals surface area contributed by atoms with Crippen molar-refractivity contribution >= 4 is 34.7 Å². The molecule has 8 heteroatoms. The summed E-state index contributed by atoms with van der Waals surface area (Å²) in [5.74, 6) is -0.0564. The van der Waals surface area contributed by atoms with Gasteiger partial charge in [0, 0.05) is 13.6 Å². The van der Waals surface area contributed by atoms with Gasteiger partial charge in [-0.25, -0.2) is 4.98 Å². The van der Waals surface area contributed by atoms with Gasteiger partial charge in [-0.2, -0.15) is 0 Å². The molecule has 2 aromatic carbocycles. The summed E-state index contributed by atoms with van der Waals surface area (Å²) in [6.07, 6.45) is 0. The minimum atomic E-state index is -0.504. The number of aromatic nitrogens is 1. The predicted molar refractivity (Wildman–Crippen MR) is 105 cm³/mol. The summed E-state index contributed by atoms with van der Waals surface area (Å²) in [5.41, 5.74) is 2.31. The average molecular weight is 400 g/mol. The highest BCUT2D eigenvalue weighted by Crippen LogP contribution is 2.23. The number of esters is 1. The van der Waals surface area contributed by atoms with E-state index in [1.807, 2.05) is 48.5 Å². The van der Waals surface area contributed by atoms with Crippen molar-refractivity contribution in [1.82, 2.24) is 9.88 Å². The molecular weight excluding hydrogens is 380 g/mol. The van der Waals surface area contributed by atoms with Crippen LogP contribution in [0.5, 0.6) is 5.75 Å². The first-order valence-electron chi connectivity index (χ1n) is 8.56. The van der Waals surface area contributed by atoms with Gasteiger partial charge in [-0.1, -0.05) is 36.0 Å². The van der Waals surface area contributed by atoms with Crippen LogP contribution in [-0.2, 0) is 20.9 Å². The van der Waals surface area contributed by atoms with Gasteiger partial charge in [0.1, 0.15) is 17.0 Å². The molecule has 7 nitrogen and oxygen atoms in total. The van der Waals surface area contributed by atoms with Crippen molar-refractivity contribution in [3.05, 3.63) is 54.1 Å². The van der Waals surface area contributed by atoms with Gasteiger partial charge in [-0.15, -0.1) is 0 Å². The smallest absolute Gasteiger partial charge is 0.316 e. The lowest BCUT2D eigenvalue weighted by molar-refractivity contribution is -0.149. The third-order valence-electron chi connectivity index (χ3n) is 3.92. The maximum atomic E-state index is 12.2. The number of nitrogens with zero attached hydrogens (tertiary/aromatic N) is 2. The van der Waals surface area contributed by atoms with Crippen molar-refractivity contribution in [2.45, 2.75) is 11.8 Å². The summed E-state index contributed by atoms with van der Waals surface area (Å²) in [4.78, 5) is 29.8. The summed E-state index contributed by atoms with van der Waals surface area (Å²) in [6.45, 7) is 0.0820. The van der Waals surface area contributed by atoms with Crippen LogP contribution in [0, 0.1) is 0 Å². The normalized spacial score (nSPS) is 10.6. The van der Waals surface area contributed by atoms with Gasteiger partial charge in [0.2, 0.25) is 0 Å². The average Bonchev–Trinajstić information content (AvgIpc) is 3.13. The molecule has 0 fully saturated rings. The minimum Gasteiger partial charge on any atom is -0.497 e. The second kappa shape index (κ2) is 9.27. The Morgan fingerprint density at radius 3 is 2.79 bits per heavy atom. The highest BCUT2D eigenvalue weighted by molar-refractivity contribution is 7.99. The lowest BCUT2D eigenvalue weighted by Gasteiger charge is -2.17. The number of thioether (sulfide) groups is 1. The first-order valence-corrected chi connectivity index (χ1v) is 9.54. The Morgan fingerprint density at radius 2 is 2.00 bits per heavy atom. The molecule has 0 saturated heterocycles. The molecule has 0 aliphatic heterocycles. The third kappa shape index (κ3) is 5.26. The first kappa shape index (κ1) is 19.8. The van der Waals surface area contributed by atoms with Gasteiger partial charge in [-0.3, -0.25) is 9.59 Å². The molecule has 0 aliphatic rings. The minimum absolute atomic E-state index is 0.0136. The highest BCUT2D eigenvalue weighted by atomic mass is 32.2. The summed E-state index contributed by atoms with van der Waals surface area (Å²) in [6, 6.07) is 14.8. The van der Waals surface area contributed by atoms with Crippen LogP contribution in [-0.4, -0.2) is 48.3 Å². The number of methoxy groups -OCH3 is 1. The Kier molecular flexibility index (Phi) is 6.54. The summed E-state index contributed by atoms with van der Waals surface area (Å²) < 4.78 is 15.8. The van der Waals surface area contributed by atoms with Crippen molar-refractivity contribution in [2.24, 2.45) is 0 Å². The van der Waals surface area contributed by atoms with Crippen LogP contribution < -0.4 is 4.74 Å². The SMILES string of the molecule is COc1cccc(CN(C)C(=O)COC(=O)CSc2nc3ccccc3o2)c1. The number of ether oxygens (including phenoxy) is 2. The third-order valence-corrected chi connectivity index (χ3v) is 4.73. The molecule has 0 unspecified atom stereocenters. The molecule has 0 N–H and O–H groups in total.